The first-order chi connectivity index (χ1) is 18.9. The summed E-state index contributed by atoms with van der Waals surface area (Å²) in [7, 11) is 0. The third kappa shape index (κ3) is 4.87. The van der Waals surface area contributed by atoms with E-state index in [2.05, 4.69) is 19.1 Å². The molecule has 2 aromatic carbocycles. The van der Waals surface area contributed by atoms with Crippen molar-refractivity contribution < 1.29 is 19.5 Å². The Morgan fingerprint density at radius 2 is 1.51 bits per heavy atom. The van der Waals surface area contributed by atoms with Crippen LogP contribution in [0.5, 0.6) is 0 Å². The van der Waals surface area contributed by atoms with Gasteiger partial charge in [-0.1, -0.05) is 36.4 Å². The van der Waals surface area contributed by atoms with E-state index in [1.54, 1.807) is 21.1 Å². The van der Waals surface area contributed by atoms with Crippen molar-refractivity contribution >= 4 is 40.7 Å². The van der Waals surface area contributed by atoms with Crippen LogP contribution in [-0.4, -0.2) is 68.5 Å². The lowest BCUT2D eigenvalue weighted by Gasteiger charge is -2.47. The summed E-state index contributed by atoms with van der Waals surface area (Å²) in [5.74, 6) is -1.08. The number of urea groups is 2. The number of thiophene rings is 1. The summed E-state index contributed by atoms with van der Waals surface area (Å²) in [6.07, 6.45) is 3.17. The maximum Gasteiger partial charge on any atom is 0.329 e. The maximum atomic E-state index is 14.2. The molecule has 0 unspecified atom stereocenters. The normalized spacial score (nSPS) is 22.0. The largest absolute Gasteiger partial charge is 0.480 e. The minimum atomic E-state index is -1.12. The molecule has 2 aliphatic heterocycles. The Balaban J connectivity index is 1.30. The molecule has 0 spiro atoms. The van der Waals surface area contributed by atoms with Crippen molar-refractivity contribution in [3.05, 3.63) is 82.6 Å². The first-order valence-corrected chi connectivity index (χ1v) is 14.3. The summed E-state index contributed by atoms with van der Waals surface area (Å²) >= 11 is 1.69. The molecule has 202 valence electrons. The highest BCUT2D eigenvalue weighted by Crippen LogP contribution is 2.40. The van der Waals surface area contributed by atoms with Crippen LogP contribution >= 0.6 is 11.3 Å². The number of aryl methyl sites for hydroxylation is 1. The van der Waals surface area contributed by atoms with Crippen molar-refractivity contribution in [1.29, 1.82) is 0 Å². The number of likely N-dealkylation sites (tertiary alicyclic amines) is 1. The molecule has 4 amide bonds. The van der Waals surface area contributed by atoms with E-state index in [1.807, 2.05) is 65.6 Å². The number of carboxylic acids is 1. The second-order valence-corrected chi connectivity index (χ2v) is 12.0. The summed E-state index contributed by atoms with van der Waals surface area (Å²) in [4.78, 5) is 50.1. The van der Waals surface area contributed by atoms with Gasteiger partial charge in [-0.3, -0.25) is 4.90 Å². The lowest BCUT2D eigenvalue weighted by molar-refractivity contribution is -0.145. The second-order valence-electron chi connectivity index (χ2n) is 10.6. The molecule has 0 radical (unpaired) electrons. The van der Waals surface area contributed by atoms with Gasteiger partial charge in [-0.25, -0.2) is 14.4 Å². The number of hydrogen-bond acceptors (Lipinski definition) is 4. The molecule has 9 heteroatoms. The number of anilines is 2. The molecule has 1 saturated carbocycles. The number of aliphatic carboxylic acids is 1. The summed E-state index contributed by atoms with van der Waals surface area (Å²) in [6.45, 7) is 2.78. The van der Waals surface area contributed by atoms with Crippen LogP contribution in [-0.2, 0) is 11.3 Å². The minimum Gasteiger partial charge on any atom is -0.480 e. The number of carbonyl (C=O) groups is 3. The molecule has 3 aromatic rings. The van der Waals surface area contributed by atoms with Crippen molar-refractivity contribution in [2.75, 3.05) is 11.4 Å². The second kappa shape index (κ2) is 10.4. The van der Waals surface area contributed by atoms with Gasteiger partial charge in [0.05, 0.1) is 30.0 Å². The number of carboxylic acid groups (broad SMARTS) is 1. The molecule has 2 bridgehead atoms. The van der Waals surface area contributed by atoms with Crippen LogP contribution in [0, 0.1) is 6.92 Å². The number of rotatable bonds is 6. The van der Waals surface area contributed by atoms with Gasteiger partial charge in [0.1, 0.15) is 0 Å². The number of carbonyl (C=O) groups excluding carboxylic acids is 2. The fourth-order valence-corrected chi connectivity index (χ4v) is 6.91. The zero-order valence-electron chi connectivity index (χ0n) is 21.8. The molecule has 3 heterocycles. The monoisotopic (exact) mass is 544 g/mol. The van der Waals surface area contributed by atoms with Gasteiger partial charge >= 0.3 is 18.0 Å². The third-order valence-corrected chi connectivity index (χ3v) is 8.93. The quantitative estimate of drug-likeness (QED) is 0.431. The van der Waals surface area contributed by atoms with Gasteiger partial charge in [0.2, 0.25) is 0 Å². The SMILES string of the molecule is Cc1ccc(CN(C(=O)N2[C@H]3CC[C@@H]2[C@@H](C(=O)O)N(C(=O)N(c2ccccc2)c2ccccc2)C3)C2CC2)s1. The fourth-order valence-electron chi connectivity index (χ4n) is 6.02. The van der Waals surface area contributed by atoms with Crippen LogP contribution in [0.15, 0.2) is 72.8 Å². The van der Waals surface area contributed by atoms with E-state index in [4.69, 9.17) is 0 Å². The van der Waals surface area contributed by atoms with E-state index in [0.29, 0.717) is 30.8 Å². The smallest absolute Gasteiger partial charge is 0.329 e. The number of fused-ring (bicyclic) bond motifs is 2. The molecule has 1 N–H and O–H groups in total. The number of hydrogen-bond donors (Lipinski definition) is 1. The summed E-state index contributed by atoms with van der Waals surface area (Å²) < 4.78 is 0. The van der Waals surface area contributed by atoms with Gasteiger partial charge in [-0.15, -0.1) is 11.3 Å². The number of para-hydroxylation sites is 2. The molecular formula is C30H32N4O4S. The van der Waals surface area contributed by atoms with Crippen molar-refractivity contribution in [1.82, 2.24) is 14.7 Å². The van der Waals surface area contributed by atoms with Crippen molar-refractivity contribution in [2.24, 2.45) is 0 Å². The predicted octanol–water partition coefficient (Wildman–Crippen LogP) is 5.70. The zero-order chi connectivity index (χ0) is 27.1. The lowest BCUT2D eigenvalue weighted by Crippen LogP contribution is -2.67. The van der Waals surface area contributed by atoms with Gasteiger partial charge < -0.3 is 19.8 Å². The first kappa shape index (κ1) is 25.4. The number of benzene rings is 2. The molecular weight excluding hydrogens is 512 g/mol. The van der Waals surface area contributed by atoms with Crippen LogP contribution in [0.25, 0.3) is 0 Å². The Hall–Kier alpha value is -3.85. The summed E-state index contributed by atoms with van der Waals surface area (Å²) in [6, 6.07) is 20.5. The van der Waals surface area contributed by atoms with E-state index in [9.17, 15) is 19.5 Å². The predicted molar refractivity (Wildman–Crippen MR) is 150 cm³/mol. The van der Waals surface area contributed by atoms with Crippen LogP contribution in [0.1, 0.15) is 35.4 Å². The van der Waals surface area contributed by atoms with Gasteiger partial charge in [0.15, 0.2) is 6.04 Å². The number of nitrogens with zero attached hydrogens (tertiary/aromatic N) is 4. The van der Waals surface area contributed by atoms with Gasteiger partial charge in [0.25, 0.3) is 0 Å². The van der Waals surface area contributed by atoms with E-state index in [0.717, 1.165) is 17.7 Å². The molecule has 8 nitrogen and oxygen atoms in total. The lowest BCUT2D eigenvalue weighted by atomic mass is 10.0. The molecule has 6 rings (SSSR count). The molecule has 3 aliphatic rings. The maximum absolute atomic E-state index is 14.2. The van der Waals surface area contributed by atoms with E-state index in [-0.39, 0.29) is 24.7 Å². The Labute approximate surface area is 232 Å². The molecule has 1 aromatic heterocycles. The highest BCUT2D eigenvalue weighted by molar-refractivity contribution is 7.11. The molecule has 3 atom stereocenters. The van der Waals surface area contributed by atoms with Crippen molar-refractivity contribution in [2.45, 2.75) is 63.3 Å². The van der Waals surface area contributed by atoms with Crippen molar-refractivity contribution in [3.63, 3.8) is 0 Å². The minimum absolute atomic E-state index is 0.0997. The highest BCUT2D eigenvalue weighted by Gasteiger charge is 2.55. The Morgan fingerprint density at radius 1 is 0.872 bits per heavy atom. The molecule has 3 fully saturated rings. The number of amides is 4. The van der Waals surface area contributed by atoms with Crippen LogP contribution in [0.3, 0.4) is 0 Å². The molecule has 1 aliphatic carbocycles. The van der Waals surface area contributed by atoms with Gasteiger partial charge in [0, 0.05) is 22.3 Å². The van der Waals surface area contributed by atoms with E-state index < -0.39 is 24.1 Å². The average molecular weight is 545 g/mol. The molecule has 39 heavy (non-hydrogen) atoms. The summed E-state index contributed by atoms with van der Waals surface area (Å²) in [5, 5.41) is 10.4. The Morgan fingerprint density at radius 3 is 2.05 bits per heavy atom. The molecule has 2 saturated heterocycles. The number of piperazine rings is 1. The summed E-state index contributed by atoms with van der Waals surface area (Å²) in [5.41, 5.74) is 1.32. The van der Waals surface area contributed by atoms with Gasteiger partial charge in [-0.05, 0) is 69.0 Å². The average Bonchev–Trinajstić information content (AvgIpc) is 3.63. The Kier molecular flexibility index (Phi) is 6.76. The van der Waals surface area contributed by atoms with Gasteiger partial charge in [-0.2, -0.15) is 0 Å². The topological polar surface area (TPSA) is 84.4 Å². The first-order valence-electron chi connectivity index (χ1n) is 13.5. The zero-order valence-corrected chi connectivity index (χ0v) is 22.7. The van der Waals surface area contributed by atoms with E-state index >= 15 is 0 Å². The van der Waals surface area contributed by atoms with Crippen LogP contribution < -0.4 is 4.90 Å². The Bertz CT molecular complexity index is 1320. The fraction of sp³-hybridized carbons (Fsp3) is 0.367. The van der Waals surface area contributed by atoms with Crippen LogP contribution in [0.2, 0.25) is 0 Å². The standard InChI is InChI=1S/C30H32N4O4S/c1-20-12-16-25(39-20)19-31(21-13-14-21)29(37)34-24-15-17-26(34)27(28(35)36)32(18-24)30(38)33(22-8-4-2-5-9-22)23-10-6-3-7-11-23/h2-12,16,21,24,26-27H,13-15,17-19H2,1H3,(H,35,36)/t24-,26+,27-/m0/s1. The van der Waals surface area contributed by atoms with E-state index in [1.165, 1.54) is 9.78 Å². The third-order valence-electron chi connectivity index (χ3n) is 7.95. The highest BCUT2D eigenvalue weighted by atomic mass is 32.1. The van der Waals surface area contributed by atoms with Crippen LogP contribution in [0.4, 0.5) is 21.0 Å². The van der Waals surface area contributed by atoms with Crippen molar-refractivity contribution in [3.8, 4) is 0 Å².